The van der Waals surface area contributed by atoms with Crippen molar-refractivity contribution in [3.8, 4) is 6.07 Å². The number of carbonyl (C=O) groups excluding carboxylic acids is 3. The Morgan fingerprint density at radius 2 is 2.03 bits per heavy atom. The van der Waals surface area contributed by atoms with Gasteiger partial charge in [-0.2, -0.15) is 5.26 Å². The largest absolute Gasteiger partial charge is 0.372 e. The van der Waals surface area contributed by atoms with Crippen LogP contribution in [0.1, 0.15) is 63.4 Å². The number of alkyl halides is 2. The molecule has 5 aliphatic rings. The normalized spacial score (nSPS) is 29.1. The first-order valence-corrected chi connectivity index (χ1v) is 14.0. The van der Waals surface area contributed by atoms with Crippen LogP contribution in [-0.4, -0.2) is 64.2 Å². The number of piperidine rings is 3. The van der Waals surface area contributed by atoms with Gasteiger partial charge >= 0.3 is 0 Å². The summed E-state index contributed by atoms with van der Waals surface area (Å²) in [6.45, 7) is 2.47. The zero-order valence-electron chi connectivity index (χ0n) is 22.2. The van der Waals surface area contributed by atoms with Gasteiger partial charge < -0.3 is 20.9 Å². The topological polar surface area (TPSA) is 127 Å². The lowest BCUT2D eigenvalue weighted by Gasteiger charge is -2.54. The van der Waals surface area contributed by atoms with Gasteiger partial charge in [0.1, 0.15) is 18.1 Å². The number of nitrogens with zero attached hydrogens (tertiary/aromatic N) is 3. The van der Waals surface area contributed by atoms with Gasteiger partial charge in [-0.05, 0) is 63.0 Å². The van der Waals surface area contributed by atoms with Crippen LogP contribution in [0.4, 0.5) is 14.5 Å². The number of fused-ring (bicyclic) bond motifs is 3. The molecule has 1 aromatic heterocycles. The van der Waals surface area contributed by atoms with Crippen LogP contribution in [0.3, 0.4) is 0 Å². The lowest BCUT2D eigenvalue weighted by Crippen LogP contribution is -2.70. The molecule has 4 heterocycles. The smallest absolute Gasteiger partial charge is 0.255 e. The number of pyridine rings is 1. The number of hydrogen-bond donors (Lipinski definition) is 3. The molecule has 39 heavy (non-hydrogen) atoms. The minimum absolute atomic E-state index is 0.103. The van der Waals surface area contributed by atoms with Crippen LogP contribution >= 0.6 is 0 Å². The van der Waals surface area contributed by atoms with Crippen molar-refractivity contribution in [3.63, 3.8) is 0 Å². The standard InChI is InChI=1S/C28H36F2N6O3/c1-16-9-20(15-32-14-16)34-23(10-17-4-5-17)27(39)36-21-6-7-22(28(29,30)12-21)24(36)26(38)35-19(13-31)11-18-3-2-8-33-25(18)37/h9,14-15,17-19,21-24,34H,2-8,10-12H2,1H3,(H,33,37)(H,35,38)/t18-,19-,21-,22-,23-,24-/m1/s1. The molecule has 6 atom stereocenters. The van der Waals surface area contributed by atoms with E-state index in [1.807, 2.05) is 19.1 Å². The van der Waals surface area contributed by atoms with E-state index >= 15 is 8.78 Å². The molecule has 9 nitrogen and oxygen atoms in total. The van der Waals surface area contributed by atoms with Gasteiger partial charge in [0, 0.05) is 37.3 Å². The fourth-order valence-corrected chi connectivity index (χ4v) is 6.49. The summed E-state index contributed by atoms with van der Waals surface area (Å²) >= 11 is 0. The summed E-state index contributed by atoms with van der Waals surface area (Å²) in [4.78, 5) is 45.5. The van der Waals surface area contributed by atoms with Crippen molar-refractivity contribution in [3.05, 3.63) is 24.0 Å². The molecule has 210 valence electrons. The fraction of sp³-hybridized carbons (Fsp3) is 0.679. The molecule has 2 aliphatic carbocycles. The maximum atomic E-state index is 15.1. The van der Waals surface area contributed by atoms with Crippen molar-refractivity contribution < 1.29 is 23.2 Å². The predicted octanol–water partition coefficient (Wildman–Crippen LogP) is 2.91. The molecule has 3 amide bonds. The van der Waals surface area contributed by atoms with Gasteiger partial charge in [-0.3, -0.25) is 19.4 Å². The molecule has 5 fully saturated rings. The van der Waals surface area contributed by atoms with Crippen LogP contribution in [0.5, 0.6) is 0 Å². The Balaban J connectivity index is 1.38. The van der Waals surface area contributed by atoms with E-state index in [1.54, 1.807) is 12.4 Å². The van der Waals surface area contributed by atoms with E-state index in [4.69, 9.17) is 0 Å². The number of nitriles is 1. The van der Waals surface area contributed by atoms with E-state index in [0.29, 0.717) is 37.4 Å². The number of aromatic nitrogens is 1. The highest BCUT2D eigenvalue weighted by molar-refractivity contribution is 5.92. The Morgan fingerprint density at radius 1 is 1.23 bits per heavy atom. The molecule has 3 N–H and O–H groups in total. The number of anilines is 1. The van der Waals surface area contributed by atoms with Crippen molar-refractivity contribution in [2.24, 2.45) is 17.8 Å². The molecule has 11 heteroatoms. The molecule has 3 aliphatic heterocycles. The summed E-state index contributed by atoms with van der Waals surface area (Å²) in [5.74, 6) is -5.77. The van der Waals surface area contributed by atoms with Crippen LogP contribution in [0.25, 0.3) is 0 Å². The minimum Gasteiger partial charge on any atom is -0.372 e. The van der Waals surface area contributed by atoms with Gasteiger partial charge in [0.2, 0.25) is 17.7 Å². The molecular weight excluding hydrogens is 506 g/mol. The third-order valence-corrected chi connectivity index (χ3v) is 8.63. The SMILES string of the molecule is Cc1cncc(N[C@H](CC2CC2)C(=O)N2[C@@H]3CC[C@H]([C@@H]2C(=O)N[C@@H](C#N)C[C@H]2CCCNC2=O)C(F)(F)C3)c1. The molecule has 0 unspecified atom stereocenters. The highest BCUT2D eigenvalue weighted by atomic mass is 19.3. The Bertz CT molecular complexity index is 1150. The second-order valence-corrected chi connectivity index (χ2v) is 11.7. The highest BCUT2D eigenvalue weighted by Crippen LogP contribution is 2.49. The number of amides is 3. The number of nitrogens with one attached hydrogen (secondary N) is 3. The van der Waals surface area contributed by atoms with Crippen molar-refractivity contribution >= 4 is 23.4 Å². The minimum atomic E-state index is -3.09. The van der Waals surface area contributed by atoms with Gasteiger partial charge in [0.25, 0.3) is 5.92 Å². The average Bonchev–Trinajstić information content (AvgIpc) is 3.72. The second-order valence-electron chi connectivity index (χ2n) is 11.7. The second kappa shape index (κ2) is 11.1. The van der Waals surface area contributed by atoms with E-state index < -0.39 is 54.3 Å². The van der Waals surface area contributed by atoms with E-state index in [0.717, 1.165) is 24.8 Å². The Hall–Kier alpha value is -3.29. The third-order valence-electron chi connectivity index (χ3n) is 8.63. The van der Waals surface area contributed by atoms with E-state index in [9.17, 15) is 19.6 Å². The fourth-order valence-electron chi connectivity index (χ4n) is 6.49. The molecule has 1 aromatic rings. The summed E-state index contributed by atoms with van der Waals surface area (Å²) in [6.07, 6.45) is 7.42. The Morgan fingerprint density at radius 3 is 2.69 bits per heavy atom. The van der Waals surface area contributed by atoms with Crippen molar-refractivity contribution in [2.75, 3.05) is 11.9 Å². The Labute approximate surface area is 227 Å². The number of rotatable bonds is 9. The third kappa shape index (κ3) is 5.99. The lowest BCUT2D eigenvalue weighted by atomic mass is 9.71. The summed E-state index contributed by atoms with van der Waals surface area (Å²) in [7, 11) is 0. The first-order valence-electron chi connectivity index (χ1n) is 14.0. The summed E-state index contributed by atoms with van der Waals surface area (Å²) < 4.78 is 30.3. The van der Waals surface area contributed by atoms with Crippen LogP contribution in [0, 0.1) is 36.0 Å². The van der Waals surface area contributed by atoms with Crippen molar-refractivity contribution in [2.45, 2.75) is 94.8 Å². The maximum Gasteiger partial charge on any atom is 0.255 e. The van der Waals surface area contributed by atoms with Crippen LogP contribution in [-0.2, 0) is 14.4 Å². The first kappa shape index (κ1) is 27.3. The van der Waals surface area contributed by atoms with Crippen molar-refractivity contribution in [1.82, 2.24) is 20.5 Å². The van der Waals surface area contributed by atoms with Crippen LogP contribution in [0.15, 0.2) is 18.5 Å². The average molecular weight is 543 g/mol. The van der Waals surface area contributed by atoms with Gasteiger partial charge in [-0.25, -0.2) is 8.78 Å². The lowest BCUT2D eigenvalue weighted by molar-refractivity contribution is -0.194. The molecule has 0 spiro atoms. The summed E-state index contributed by atoms with van der Waals surface area (Å²) in [5, 5.41) is 18.4. The Kier molecular flexibility index (Phi) is 7.74. The van der Waals surface area contributed by atoms with Crippen LogP contribution < -0.4 is 16.0 Å². The number of aryl methyl sites for hydroxylation is 1. The monoisotopic (exact) mass is 542 g/mol. The van der Waals surface area contributed by atoms with Gasteiger partial charge in [-0.1, -0.05) is 12.8 Å². The van der Waals surface area contributed by atoms with Crippen LogP contribution in [0.2, 0.25) is 0 Å². The maximum absolute atomic E-state index is 15.1. The number of carbonyl (C=O) groups is 3. The van der Waals surface area contributed by atoms with E-state index in [1.165, 1.54) is 4.90 Å². The molecule has 3 saturated heterocycles. The zero-order chi connectivity index (χ0) is 27.7. The number of hydrogen-bond acceptors (Lipinski definition) is 6. The molecule has 6 rings (SSSR count). The molecule has 0 aromatic carbocycles. The van der Waals surface area contributed by atoms with E-state index in [2.05, 4.69) is 20.9 Å². The quantitative estimate of drug-likeness (QED) is 0.440. The van der Waals surface area contributed by atoms with Gasteiger partial charge in [-0.15, -0.1) is 0 Å². The molecule has 0 radical (unpaired) electrons. The summed E-state index contributed by atoms with van der Waals surface area (Å²) in [5.41, 5.74) is 1.58. The molecule has 2 bridgehead atoms. The highest BCUT2D eigenvalue weighted by Gasteiger charge is 2.61. The van der Waals surface area contributed by atoms with Gasteiger partial charge in [0.15, 0.2) is 0 Å². The van der Waals surface area contributed by atoms with E-state index in [-0.39, 0.29) is 24.7 Å². The molecular formula is C28H36F2N6O3. The van der Waals surface area contributed by atoms with Crippen molar-refractivity contribution in [1.29, 1.82) is 5.26 Å². The van der Waals surface area contributed by atoms with Gasteiger partial charge in [0.05, 0.1) is 17.7 Å². The zero-order valence-corrected chi connectivity index (χ0v) is 22.2. The number of halogens is 2. The molecule has 2 saturated carbocycles. The first-order chi connectivity index (χ1) is 18.7. The summed E-state index contributed by atoms with van der Waals surface area (Å²) in [6, 6.07) is 0.0543. The predicted molar refractivity (Wildman–Crippen MR) is 138 cm³/mol.